The Balaban J connectivity index is 2.06. The van der Waals surface area contributed by atoms with Crippen LogP contribution < -0.4 is 5.32 Å². The van der Waals surface area contributed by atoms with Gasteiger partial charge >= 0.3 is 0 Å². The number of hydrogen-bond acceptors (Lipinski definition) is 3. The molecule has 0 bridgehead atoms. The van der Waals surface area contributed by atoms with Crippen LogP contribution in [0.2, 0.25) is 0 Å². The third-order valence-electron chi connectivity index (χ3n) is 3.61. The summed E-state index contributed by atoms with van der Waals surface area (Å²) in [6, 6.07) is 7.28. The van der Waals surface area contributed by atoms with Gasteiger partial charge in [-0.3, -0.25) is 4.79 Å². The minimum atomic E-state index is -0.424. The lowest BCUT2D eigenvalue weighted by Gasteiger charge is -2.28. The largest absolute Gasteiger partial charge is 0.391 e. The minimum absolute atomic E-state index is 0.126. The molecule has 1 aliphatic carbocycles. The second-order valence-corrected chi connectivity index (χ2v) is 5.02. The Morgan fingerprint density at radius 3 is 2.84 bits per heavy atom. The number of nitrogens with one attached hydrogen (secondary N) is 1. The average Bonchev–Trinajstić information content (AvgIpc) is 2.42. The molecule has 1 aliphatic rings. The summed E-state index contributed by atoms with van der Waals surface area (Å²) in [6.07, 6.45) is 3.28. The normalized spacial score (nSPS) is 23.1. The van der Waals surface area contributed by atoms with Crippen molar-refractivity contribution in [2.45, 2.75) is 44.4 Å². The molecule has 0 aromatic heterocycles. The molecular weight excluding hydrogens is 242 g/mol. The molecule has 4 nitrogen and oxygen atoms in total. The van der Waals surface area contributed by atoms with Crippen molar-refractivity contribution in [1.29, 1.82) is 0 Å². The predicted molar refractivity (Wildman–Crippen MR) is 72.9 cm³/mol. The van der Waals surface area contributed by atoms with E-state index in [1.807, 2.05) is 18.2 Å². The van der Waals surface area contributed by atoms with Crippen LogP contribution >= 0.6 is 0 Å². The number of methoxy groups -OCH3 is 1. The number of hydrogen-bond donors (Lipinski definition) is 2. The number of carbonyl (C=O) groups excluding carboxylic acids is 1. The Morgan fingerprint density at radius 1 is 1.37 bits per heavy atom. The Kier molecular flexibility index (Phi) is 4.93. The highest BCUT2D eigenvalue weighted by Crippen LogP contribution is 2.19. The van der Waals surface area contributed by atoms with Crippen molar-refractivity contribution >= 4 is 5.91 Å². The van der Waals surface area contributed by atoms with E-state index in [1.165, 1.54) is 0 Å². The van der Waals surface area contributed by atoms with Gasteiger partial charge in [-0.25, -0.2) is 0 Å². The smallest absolute Gasteiger partial charge is 0.251 e. The van der Waals surface area contributed by atoms with Gasteiger partial charge in [-0.15, -0.1) is 0 Å². The Labute approximate surface area is 113 Å². The Bertz CT molecular complexity index is 433. The highest BCUT2D eigenvalue weighted by molar-refractivity contribution is 5.95. The molecule has 0 saturated heterocycles. The zero-order valence-corrected chi connectivity index (χ0v) is 11.3. The van der Waals surface area contributed by atoms with Gasteiger partial charge in [0.25, 0.3) is 5.91 Å². The summed E-state index contributed by atoms with van der Waals surface area (Å²) in [5, 5.41) is 12.8. The van der Waals surface area contributed by atoms with Gasteiger partial charge < -0.3 is 15.2 Å². The molecule has 1 amide bonds. The van der Waals surface area contributed by atoms with E-state index in [-0.39, 0.29) is 11.9 Å². The van der Waals surface area contributed by atoms with Crippen molar-refractivity contribution in [2.24, 2.45) is 0 Å². The fraction of sp³-hybridized carbons (Fsp3) is 0.533. The van der Waals surface area contributed by atoms with Gasteiger partial charge in [-0.1, -0.05) is 31.0 Å². The minimum Gasteiger partial charge on any atom is -0.391 e. The second-order valence-electron chi connectivity index (χ2n) is 5.02. The number of rotatable bonds is 4. The van der Waals surface area contributed by atoms with E-state index in [0.717, 1.165) is 31.2 Å². The van der Waals surface area contributed by atoms with Crippen LogP contribution in [0, 0.1) is 0 Å². The van der Waals surface area contributed by atoms with Crippen LogP contribution in [0.15, 0.2) is 24.3 Å². The molecule has 2 rings (SSSR count). The van der Waals surface area contributed by atoms with Crippen LogP contribution in [-0.4, -0.2) is 30.3 Å². The number of aliphatic hydroxyl groups excluding tert-OH is 1. The first kappa shape index (κ1) is 14.0. The molecule has 1 aromatic rings. The number of carbonyl (C=O) groups is 1. The average molecular weight is 263 g/mol. The molecule has 0 aliphatic heterocycles. The summed E-state index contributed by atoms with van der Waals surface area (Å²) < 4.78 is 5.10. The van der Waals surface area contributed by atoms with Crippen molar-refractivity contribution in [3.8, 4) is 0 Å². The van der Waals surface area contributed by atoms with E-state index in [4.69, 9.17) is 4.74 Å². The molecule has 1 fully saturated rings. The maximum Gasteiger partial charge on any atom is 0.251 e. The van der Waals surface area contributed by atoms with Gasteiger partial charge in [0, 0.05) is 12.7 Å². The van der Waals surface area contributed by atoms with E-state index >= 15 is 0 Å². The number of benzene rings is 1. The molecule has 0 spiro atoms. The van der Waals surface area contributed by atoms with Crippen molar-refractivity contribution in [2.75, 3.05) is 7.11 Å². The molecule has 1 aromatic carbocycles. The van der Waals surface area contributed by atoms with E-state index < -0.39 is 6.10 Å². The molecular formula is C15H21NO3. The van der Waals surface area contributed by atoms with Crippen LogP contribution in [0.3, 0.4) is 0 Å². The van der Waals surface area contributed by atoms with Crippen LogP contribution in [0.4, 0.5) is 0 Å². The van der Waals surface area contributed by atoms with Crippen molar-refractivity contribution in [3.63, 3.8) is 0 Å². The second kappa shape index (κ2) is 6.68. The summed E-state index contributed by atoms with van der Waals surface area (Å²) in [7, 11) is 1.61. The molecule has 19 heavy (non-hydrogen) atoms. The van der Waals surface area contributed by atoms with Crippen LogP contribution in [0.1, 0.15) is 41.6 Å². The lowest BCUT2D eigenvalue weighted by atomic mass is 9.92. The van der Waals surface area contributed by atoms with Crippen molar-refractivity contribution in [3.05, 3.63) is 35.4 Å². The Morgan fingerprint density at radius 2 is 2.11 bits per heavy atom. The fourth-order valence-corrected chi connectivity index (χ4v) is 2.55. The maximum absolute atomic E-state index is 12.3. The van der Waals surface area contributed by atoms with E-state index in [2.05, 4.69) is 5.32 Å². The van der Waals surface area contributed by atoms with Crippen LogP contribution in [0.5, 0.6) is 0 Å². The summed E-state index contributed by atoms with van der Waals surface area (Å²) >= 11 is 0. The molecule has 4 heteroatoms. The molecule has 0 radical (unpaired) electrons. The monoisotopic (exact) mass is 263 g/mol. The third kappa shape index (κ3) is 3.55. The summed E-state index contributed by atoms with van der Waals surface area (Å²) in [4.78, 5) is 12.3. The Hall–Kier alpha value is -1.39. The van der Waals surface area contributed by atoms with E-state index in [9.17, 15) is 9.90 Å². The van der Waals surface area contributed by atoms with Gasteiger partial charge in [0.15, 0.2) is 0 Å². The first-order valence-electron chi connectivity index (χ1n) is 6.78. The quantitative estimate of drug-likeness (QED) is 0.872. The zero-order chi connectivity index (χ0) is 13.7. The fourth-order valence-electron chi connectivity index (χ4n) is 2.55. The third-order valence-corrected chi connectivity index (χ3v) is 3.61. The van der Waals surface area contributed by atoms with Crippen LogP contribution in [-0.2, 0) is 11.3 Å². The van der Waals surface area contributed by atoms with Crippen molar-refractivity contribution < 1.29 is 14.6 Å². The topological polar surface area (TPSA) is 58.6 Å². The lowest BCUT2D eigenvalue weighted by molar-refractivity contribution is 0.0714. The van der Waals surface area contributed by atoms with Gasteiger partial charge in [0.1, 0.15) is 0 Å². The lowest BCUT2D eigenvalue weighted by Crippen LogP contribution is -2.45. The molecule has 104 valence electrons. The summed E-state index contributed by atoms with van der Waals surface area (Å²) in [6.45, 7) is 0.414. The van der Waals surface area contributed by atoms with Crippen LogP contribution in [0.25, 0.3) is 0 Å². The zero-order valence-electron chi connectivity index (χ0n) is 11.3. The SMILES string of the molecule is COCc1ccccc1C(=O)N[C@H]1CCCC[C@@H]1O. The molecule has 0 heterocycles. The molecule has 2 atom stereocenters. The van der Waals surface area contributed by atoms with Gasteiger partial charge in [-0.05, 0) is 24.5 Å². The standard InChI is InChI=1S/C15H21NO3/c1-19-10-11-6-2-3-7-12(11)15(18)16-13-8-4-5-9-14(13)17/h2-3,6-7,13-14,17H,4-5,8-10H2,1H3,(H,16,18)/t13-,14-/m0/s1. The number of aliphatic hydroxyl groups is 1. The predicted octanol–water partition coefficient (Wildman–Crippen LogP) is 1.87. The van der Waals surface area contributed by atoms with Crippen molar-refractivity contribution in [1.82, 2.24) is 5.32 Å². The first-order valence-corrected chi connectivity index (χ1v) is 6.78. The van der Waals surface area contributed by atoms with Gasteiger partial charge in [0.05, 0.1) is 18.8 Å². The molecule has 2 N–H and O–H groups in total. The summed E-state index contributed by atoms with van der Waals surface area (Å²) in [5.74, 6) is -0.126. The maximum atomic E-state index is 12.3. The van der Waals surface area contributed by atoms with Gasteiger partial charge in [-0.2, -0.15) is 0 Å². The van der Waals surface area contributed by atoms with Gasteiger partial charge in [0.2, 0.25) is 0 Å². The summed E-state index contributed by atoms with van der Waals surface area (Å²) in [5.41, 5.74) is 1.50. The highest BCUT2D eigenvalue weighted by Gasteiger charge is 2.25. The number of ether oxygens (including phenoxy) is 1. The van der Waals surface area contributed by atoms with E-state index in [0.29, 0.717) is 12.2 Å². The highest BCUT2D eigenvalue weighted by atomic mass is 16.5. The molecule has 0 unspecified atom stereocenters. The number of amides is 1. The van der Waals surface area contributed by atoms with E-state index in [1.54, 1.807) is 13.2 Å². The molecule has 1 saturated carbocycles. The first-order chi connectivity index (χ1) is 9.22.